The van der Waals surface area contributed by atoms with Crippen LogP contribution in [0.4, 0.5) is 5.95 Å². The van der Waals surface area contributed by atoms with Gasteiger partial charge in [0.15, 0.2) is 17.6 Å². The second kappa shape index (κ2) is 6.90. The van der Waals surface area contributed by atoms with Gasteiger partial charge >= 0.3 is 0 Å². The molecular formula is C20H23N5O2. The number of aryl methyl sites for hydroxylation is 2. The van der Waals surface area contributed by atoms with Gasteiger partial charge in [-0.1, -0.05) is 12.1 Å². The molecule has 1 aliphatic heterocycles. The number of fused-ring (bicyclic) bond motifs is 1. The Morgan fingerprint density at radius 3 is 2.70 bits per heavy atom. The first-order valence-corrected chi connectivity index (χ1v) is 8.96. The lowest BCUT2D eigenvalue weighted by Gasteiger charge is -2.29. The van der Waals surface area contributed by atoms with Crippen LogP contribution in [0.15, 0.2) is 36.5 Å². The predicted octanol–water partition coefficient (Wildman–Crippen LogP) is 2.77. The monoisotopic (exact) mass is 365 g/mol. The molecule has 3 heterocycles. The highest BCUT2D eigenvalue weighted by Gasteiger charge is 2.23. The summed E-state index contributed by atoms with van der Waals surface area (Å²) in [6.45, 7) is 5.18. The molecule has 1 aliphatic rings. The van der Waals surface area contributed by atoms with Gasteiger partial charge in [0.1, 0.15) is 6.61 Å². The molecule has 0 fully saturated rings. The first kappa shape index (κ1) is 17.3. The lowest BCUT2D eigenvalue weighted by Crippen LogP contribution is -2.40. The summed E-state index contributed by atoms with van der Waals surface area (Å²) in [5.74, 6) is 2.22. The topological polar surface area (TPSA) is 65.3 Å². The number of likely N-dealkylation sites (N-methyl/N-ethyl adjacent to an activating group) is 1. The minimum absolute atomic E-state index is 0.0842. The van der Waals surface area contributed by atoms with Crippen molar-refractivity contribution in [3.63, 3.8) is 0 Å². The fourth-order valence-corrected chi connectivity index (χ4v) is 3.36. The van der Waals surface area contributed by atoms with E-state index in [-0.39, 0.29) is 6.10 Å². The van der Waals surface area contributed by atoms with E-state index in [1.54, 1.807) is 6.20 Å². The molecule has 4 rings (SSSR count). The van der Waals surface area contributed by atoms with Crippen LogP contribution in [0.1, 0.15) is 11.4 Å². The predicted molar refractivity (Wildman–Crippen MR) is 103 cm³/mol. The molecule has 0 radical (unpaired) electrons. The fourth-order valence-electron chi connectivity index (χ4n) is 3.36. The Balaban J connectivity index is 1.52. The van der Waals surface area contributed by atoms with Gasteiger partial charge in [0.05, 0.1) is 17.9 Å². The SMILES string of the molecule is Cc1nn(C)c(C)c1-c1ccnc(N(C)C[C@@H]2COc3ccccc3O2)n1. The van der Waals surface area contributed by atoms with Crippen molar-refractivity contribution in [2.75, 3.05) is 25.1 Å². The van der Waals surface area contributed by atoms with Crippen LogP contribution < -0.4 is 14.4 Å². The Hall–Kier alpha value is -3.09. The van der Waals surface area contributed by atoms with Crippen LogP contribution in [0, 0.1) is 13.8 Å². The minimum Gasteiger partial charge on any atom is -0.486 e. The van der Waals surface area contributed by atoms with E-state index in [1.807, 2.05) is 67.9 Å². The van der Waals surface area contributed by atoms with Crippen LogP contribution in [0.2, 0.25) is 0 Å². The van der Waals surface area contributed by atoms with Crippen molar-refractivity contribution in [2.24, 2.45) is 7.05 Å². The van der Waals surface area contributed by atoms with Crippen LogP contribution in [0.3, 0.4) is 0 Å². The van der Waals surface area contributed by atoms with Crippen molar-refractivity contribution >= 4 is 5.95 Å². The van der Waals surface area contributed by atoms with Crippen molar-refractivity contribution in [3.8, 4) is 22.8 Å². The third kappa shape index (κ3) is 3.32. The van der Waals surface area contributed by atoms with E-state index in [0.29, 0.717) is 19.1 Å². The van der Waals surface area contributed by atoms with Crippen LogP contribution in [0.25, 0.3) is 11.3 Å². The molecular weight excluding hydrogens is 342 g/mol. The van der Waals surface area contributed by atoms with Gasteiger partial charge in [-0.3, -0.25) is 4.68 Å². The average molecular weight is 365 g/mol. The number of nitrogens with zero attached hydrogens (tertiary/aromatic N) is 5. The molecule has 0 unspecified atom stereocenters. The van der Waals surface area contributed by atoms with E-state index < -0.39 is 0 Å². The van der Waals surface area contributed by atoms with Gasteiger partial charge in [0.2, 0.25) is 5.95 Å². The first-order valence-electron chi connectivity index (χ1n) is 8.96. The maximum absolute atomic E-state index is 6.04. The Bertz CT molecular complexity index is 969. The summed E-state index contributed by atoms with van der Waals surface area (Å²) >= 11 is 0. The summed E-state index contributed by atoms with van der Waals surface area (Å²) in [4.78, 5) is 11.2. The number of hydrogen-bond donors (Lipinski definition) is 0. The molecule has 0 bridgehead atoms. The van der Waals surface area contributed by atoms with E-state index in [4.69, 9.17) is 14.5 Å². The molecule has 0 saturated heterocycles. The molecule has 0 amide bonds. The Morgan fingerprint density at radius 1 is 1.19 bits per heavy atom. The molecule has 1 atom stereocenters. The number of benzene rings is 1. The zero-order valence-corrected chi connectivity index (χ0v) is 16.0. The van der Waals surface area contributed by atoms with Gasteiger partial charge in [-0.05, 0) is 32.0 Å². The largest absolute Gasteiger partial charge is 0.486 e. The summed E-state index contributed by atoms with van der Waals surface area (Å²) in [6, 6.07) is 9.65. The summed E-state index contributed by atoms with van der Waals surface area (Å²) in [5, 5.41) is 4.48. The van der Waals surface area contributed by atoms with Crippen LogP contribution in [0.5, 0.6) is 11.5 Å². The molecule has 0 spiro atoms. The maximum Gasteiger partial charge on any atom is 0.225 e. The van der Waals surface area contributed by atoms with Crippen molar-refractivity contribution in [1.82, 2.24) is 19.7 Å². The Kier molecular flexibility index (Phi) is 4.43. The zero-order chi connectivity index (χ0) is 19.0. The number of aromatic nitrogens is 4. The smallest absolute Gasteiger partial charge is 0.225 e. The molecule has 7 heteroatoms. The van der Waals surface area contributed by atoms with E-state index in [9.17, 15) is 0 Å². The highest BCUT2D eigenvalue weighted by Crippen LogP contribution is 2.31. The summed E-state index contributed by atoms with van der Waals surface area (Å²) in [7, 11) is 3.91. The van der Waals surface area contributed by atoms with Crippen molar-refractivity contribution in [2.45, 2.75) is 20.0 Å². The van der Waals surface area contributed by atoms with Gasteiger partial charge in [-0.25, -0.2) is 9.97 Å². The van der Waals surface area contributed by atoms with E-state index >= 15 is 0 Å². The summed E-state index contributed by atoms with van der Waals surface area (Å²) in [6.07, 6.45) is 1.70. The normalized spacial score (nSPS) is 15.6. The molecule has 7 nitrogen and oxygen atoms in total. The Morgan fingerprint density at radius 2 is 1.96 bits per heavy atom. The van der Waals surface area contributed by atoms with E-state index in [1.165, 1.54) is 0 Å². The number of ether oxygens (including phenoxy) is 2. The Labute approximate surface area is 158 Å². The molecule has 2 aromatic heterocycles. The second-order valence-electron chi connectivity index (χ2n) is 6.79. The van der Waals surface area contributed by atoms with Crippen molar-refractivity contribution < 1.29 is 9.47 Å². The third-order valence-electron chi connectivity index (χ3n) is 4.79. The van der Waals surface area contributed by atoms with E-state index in [2.05, 4.69) is 10.1 Å². The van der Waals surface area contributed by atoms with Gasteiger partial charge in [0.25, 0.3) is 0 Å². The standard InChI is InChI=1S/C20H23N5O2/c1-13-19(14(2)25(4)23-13)16-9-10-21-20(22-16)24(3)11-15-12-26-17-7-5-6-8-18(17)27-15/h5-10,15H,11-12H2,1-4H3/t15-/m1/s1. The van der Waals surface area contributed by atoms with Gasteiger partial charge < -0.3 is 14.4 Å². The molecule has 27 heavy (non-hydrogen) atoms. The second-order valence-corrected chi connectivity index (χ2v) is 6.79. The highest BCUT2D eigenvalue weighted by molar-refractivity contribution is 5.65. The molecule has 140 valence electrons. The lowest BCUT2D eigenvalue weighted by atomic mass is 10.1. The van der Waals surface area contributed by atoms with Crippen LogP contribution in [-0.2, 0) is 7.05 Å². The molecule has 1 aromatic carbocycles. The van der Waals surface area contributed by atoms with Crippen molar-refractivity contribution in [3.05, 3.63) is 47.9 Å². The van der Waals surface area contributed by atoms with Gasteiger partial charge in [0, 0.05) is 31.5 Å². The molecule has 0 N–H and O–H groups in total. The molecule has 3 aromatic rings. The number of rotatable bonds is 4. The van der Waals surface area contributed by atoms with Crippen LogP contribution >= 0.6 is 0 Å². The highest BCUT2D eigenvalue weighted by atomic mass is 16.6. The number of anilines is 1. The summed E-state index contributed by atoms with van der Waals surface area (Å²) in [5.41, 5.74) is 3.98. The quantitative estimate of drug-likeness (QED) is 0.708. The fraction of sp³-hybridized carbons (Fsp3) is 0.350. The van der Waals surface area contributed by atoms with Gasteiger partial charge in [-0.15, -0.1) is 0 Å². The summed E-state index contributed by atoms with van der Waals surface area (Å²) < 4.78 is 13.7. The first-order chi connectivity index (χ1) is 13.0. The minimum atomic E-state index is -0.0842. The van der Waals surface area contributed by atoms with E-state index in [0.717, 1.165) is 34.1 Å². The maximum atomic E-state index is 6.04. The average Bonchev–Trinajstić information content (AvgIpc) is 2.93. The molecule has 0 aliphatic carbocycles. The van der Waals surface area contributed by atoms with Gasteiger partial charge in [-0.2, -0.15) is 5.10 Å². The van der Waals surface area contributed by atoms with Crippen LogP contribution in [-0.4, -0.2) is 46.1 Å². The third-order valence-corrected chi connectivity index (χ3v) is 4.79. The number of para-hydroxylation sites is 2. The lowest BCUT2D eigenvalue weighted by molar-refractivity contribution is 0.0958. The zero-order valence-electron chi connectivity index (χ0n) is 16.0. The van der Waals surface area contributed by atoms with Crippen molar-refractivity contribution in [1.29, 1.82) is 0 Å². The number of hydrogen-bond acceptors (Lipinski definition) is 6. The molecule has 0 saturated carbocycles.